The van der Waals surface area contributed by atoms with Gasteiger partial charge in [-0.1, -0.05) is 48.0 Å². The molecule has 0 spiro atoms. The molecular weight excluding hydrogens is 473 g/mol. The first-order valence-electron chi connectivity index (χ1n) is 11.1. The molecule has 186 valence electrons. The van der Waals surface area contributed by atoms with E-state index < -0.39 is 37.0 Å². The van der Waals surface area contributed by atoms with Crippen LogP contribution in [0.15, 0.2) is 54.0 Å². The van der Waals surface area contributed by atoms with Crippen molar-refractivity contribution >= 4 is 36.9 Å². The Balaban J connectivity index is 1.82. The van der Waals surface area contributed by atoms with E-state index in [1.807, 2.05) is 58.0 Å². The molecule has 8 nitrogen and oxygen atoms in total. The third-order valence-electron chi connectivity index (χ3n) is 5.87. The zero-order valence-electron chi connectivity index (χ0n) is 20.2. The zero-order chi connectivity index (χ0) is 25.6. The zero-order valence-corrected chi connectivity index (χ0v) is 20.9. The van der Waals surface area contributed by atoms with E-state index >= 15 is 0 Å². The van der Waals surface area contributed by atoms with Crippen LogP contribution in [0.2, 0.25) is 5.02 Å². The average molecular weight is 502 g/mol. The van der Waals surface area contributed by atoms with Gasteiger partial charge in [0.15, 0.2) is 6.61 Å². The number of carbonyl (C=O) groups is 2. The molecule has 1 heterocycles. The molecule has 1 aliphatic rings. The van der Waals surface area contributed by atoms with Crippen LogP contribution >= 0.6 is 11.6 Å². The van der Waals surface area contributed by atoms with Crippen LogP contribution in [0.4, 0.5) is 4.79 Å². The fraction of sp³-hybridized carbons (Fsp3) is 0.360. The molecule has 1 saturated heterocycles. The maximum absolute atomic E-state index is 12.4. The molecule has 1 fully saturated rings. The third kappa shape index (κ3) is 7.24. The number of rotatable bonds is 9. The summed E-state index contributed by atoms with van der Waals surface area (Å²) in [6.07, 6.45) is 1.13. The van der Waals surface area contributed by atoms with Gasteiger partial charge in [0.2, 0.25) is 0 Å². The van der Waals surface area contributed by atoms with Gasteiger partial charge in [-0.05, 0) is 56.9 Å². The minimum Gasteiger partial charge on any atom is -0.481 e. The number of carboxylic acid groups (broad SMARTS) is 1. The molecule has 2 aromatic carbocycles. The Hall–Kier alpha value is -3.01. The Morgan fingerprint density at radius 2 is 1.74 bits per heavy atom. The first-order chi connectivity index (χ1) is 16.5. The maximum atomic E-state index is 12.4. The normalized spacial score (nSPS) is 16.6. The van der Waals surface area contributed by atoms with Crippen LogP contribution in [0.3, 0.4) is 0 Å². The Bertz CT molecular complexity index is 1070. The van der Waals surface area contributed by atoms with Gasteiger partial charge in [0.25, 0.3) is 0 Å². The van der Waals surface area contributed by atoms with E-state index in [-0.39, 0.29) is 18.9 Å². The second-order valence-corrected chi connectivity index (χ2v) is 9.52. The third-order valence-corrected chi connectivity index (χ3v) is 6.11. The van der Waals surface area contributed by atoms with Gasteiger partial charge in [-0.25, -0.2) is 9.59 Å². The van der Waals surface area contributed by atoms with Crippen molar-refractivity contribution in [1.82, 2.24) is 5.32 Å². The molecule has 0 bridgehead atoms. The number of hydrogen-bond donors (Lipinski definition) is 2. The molecule has 10 heteroatoms. The van der Waals surface area contributed by atoms with Crippen molar-refractivity contribution in [3.05, 3.63) is 70.2 Å². The van der Waals surface area contributed by atoms with Crippen molar-refractivity contribution < 1.29 is 33.5 Å². The molecule has 0 atom stereocenters. The second-order valence-electron chi connectivity index (χ2n) is 9.09. The smallest absolute Gasteiger partial charge is 0.481 e. The van der Waals surface area contributed by atoms with Crippen molar-refractivity contribution in [3.63, 3.8) is 0 Å². The summed E-state index contributed by atoms with van der Waals surface area (Å²) in [7, 11) is -0.766. The lowest BCUT2D eigenvalue weighted by Gasteiger charge is -2.32. The fourth-order valence-electron chi connectivity index (χ4n) is 3.24. The lowest BCUT2D eigenvalue weighted by molar-refractivity contribution is -0.139. The monoisotopic (exact) mass is 501 g/mol. The molecule has 3 rings (SSSR count). The first kappa shape index (κ1) is 26.6. The van der Waals surface area contributed by atoms with E-state index in [0.29, 0.717) is 16.1 Å². The molecular formula is C25H29BClNO7. The molecule has 0 aliphatic carbocycles. The Labute approximate surface area is 210 Å². The van der Waals surface area contributed by atoms with Crippen molar-refractivity contribution in [2.45, 2.75) is 45.5 Å². The van der Waals surface area contributed by atoms with Crippen LogP contribution in [0.5, 0.6) is 5.75 Å². The summed E-state index contributed by atoms with van der Waals surface area (Å²) >= 11 is 6.09. The number of ether oxygens (including phenoxy) is 2. The van der Waals surface area contributed by atoms with E-state index in [1.54, 1.807) is 18.2 Å². The first-order valence-corrected chi connectivity index (χ1v) is 11.5. The van der Waals surface area contributed by atoms with Crippen molar-refractivity contribution in [2.24, 2.45) is 0 Å². The highest BCUT2D eigenvalue weighted by molar-refractivity contribution is 6.56. The van der Waals surface area contributed by atoms with E-state index in [1.165, 1.54) is 6.07 Å². The van der Waals surface area contributed by atoms with Gasteiger partial charge in [-0.3, -0.25) is 0 Å². The minimum atomic E-state index is -1.12. The largest absolute Gasteiger partial charge is 0.492 e. The number of carbonyl (C=O) groups excluding carboxylic acids is 1. The lowest BCUT2D eigenvalue weighted by atomic mass is 9.77. The number of alkyl carbamates (subject to hydrolysis) is 1. The number of benzene rings is 2. The van der Waals surface area contributed by atoms with Crippen LogP contribution in [-0.4, -0.2) is 48.6 Å². The molecule has 35 heavy (non-hydrogen) atoms. The fourth-order valence-corrected chi connectivity index (χ4v) is 3.40. The summed E-state index contributed by atoms with van der Waals surface area (Å²) in [6, 6.07) is 14.2. The maximum Gasteiger partial charge on any atom is 0.492 e. The lowest BCUT2D eigenvalue weighted by Crippen LogP contribution is -2.41. The number of nitrogens with one attached hydrogen (secondary N) is 1. The highest BCUT2D eigenvalue weighted by Gasteiger charge is 2.52. The number of aliphatic carboxylic acids is 1. The van der Waals surface area contributed by atoms with E-state index in [2.05, 4.69) is 5.32 Å². The molecule has 1 amide bonds. The number of amides is 1. The van der Waals surface area contributed by atoms with Crippen LogP contribution < -0.4 is 10.1 Å². The molecule has 2 N–H and O–H groups in total. The minimum absolute atomic E-state index is 0.0610. The standard InChI is InChI=1S/C25H29BClNO7/c1-24(2)25(3,4)35-26(34-24)19(14-28-23(31)33-15-17-8-6-5-7-9-17)12-18-10-11-20(27)13-21(18)32-16-22(29)30/h5-13H,14-16H2,1-4H3,(H,28,31)(H,29,30). The summed E-state index contributed by atoms with van der Waals surface area (Å²) in [6.45, 7) is 7.37. The highest BCUT2D eigenvalue weighted by Crippen LogP contribution is 2.39. The average Bonchev–Trinajstić information content (AvgIpc) is 3.02. The Kier molecular flexibility index (Phi) is 8.48. The van der Waals surface area contributed by atoms with Crippen molar-refractivity contribution in [3.8, 4) is 5.75 Å². The van der Waals surface area contributed by atoms with Crippen LogP contribution in [0, 0.1) is 0 Å². The Morgan fingerprint density at radius 3 is 2.37 bits per heavy atom. The van der Waals surface area contributed by atoms with Gasteiger partial charge in [0, 0.05) is 17.1 Å². The van der Waals surface area contributed by atoms with Gasteiger partial charge in [0.1, 0.15) is 12.4 Å². The summed E-state index contributed by atoms with van der Waals surface area (Å²) in [5, 5.41) is 12.1. The molecule has 0 saturated carbocycles. The van der Waals surface area contributed by atoms with Gasteiger partial charge in [-0.15, -0.1) is 0 Å². The van der Waals surface area contributed by atoms with Crippen LogP contribution in [0.25, 0.3) is 6.08 Å². The summed E-state index contributed by atoms with van der Waals surface area (Å²) in [5.41, 5.74) is 0.800. The summed E-state index contributed by atoms with van der Waals surface area (Å²) in [4.78, 5) is 23.4. The van der Waals surface area contributed by atoms with Crippen molar-refractivity contribution in [1.29, 1.82) is 0 Å². The van der Waals surface area contributed by atoms with Crippen LogP contribution in [-0.2, 0) is 25.4 Å². The van der Waals surface area contributed by atoms with Crippen molar-refractivity contribution in [2.75, 3.05) is 13.2 Å². The number of halogens is 1. The topological polar surface area (TPSA) is 103 Å². The van der Waals surface area contributed by atoms with Gasteiger partial charge < -0.3 is 29.2 Å². The quantitative estimate of drug-likeness (QED) is 0.478. The second kappa shape index (κ2) is 11.2. The molecule has 2 aromatic rings. The van der Waals surface area contributed by atoms with Gasteiger partial charge >= 0.3 is 19.2 Å². The highest BCUT2D eigenvalue weighted by atomic mass is 35.5. The van der Waals surface area contributed by atoms with Crippen LogP contribution in [0.1, 0.15) is 38.8 Å². The molecule has 1 aliphatic heterocycles. The SMILES string of the molecule is CC1(C)OB(C(=Cc2ccc(Cl)cc2OCC(=O)O)CNC(=O)OCc2ccccc2)OC1(C)C. The molecule has 0 unspecified atom stereocenters. The molecule has 0 radical (unpaired) electrons. The van der Waals surface area contributed by atoms with Gasteiger partial charge in [0.05, 0.1) is 11.2 Å². The number of carboxylic acids is 1. The predicted octanol–water partition coefficient (Wildman–Crippen LogP) is 4.74. The number of hydrogen-bond acceptors (Lipinski definition) is 6. The summed E-state index contributed by atoms with van der Waals surface area (Å²) < 4.78 is 23.1. The van der Waals surface area contributed by atoms with Gasteiger partial charge in [-0.2, -0.15) is 0 Å². The summed E-state index contributed by atoms with van der Waals surface area (Å²) in [5.74, 6) is -0.838. The Morgan fingerprint density at radius 1 is 1.09 bits per heavy atom. The van der Waals surface area contributed by atoms with E-state index in [9.17, 15) is 9.59 Å². The molecule has 0 aromatic heterocycles. The van der Waals surface area contributed by atoms with E-state index in [0.717, 1.165) is 5.56 Å². The van der Waals surface area contributed by atoms with E-state index in [4.69, 9.17) is 35.5 Å². The predicted molar refractivity (Wildman–Crippen MR) is 133 cm³/mol.